The molecule has 0 spiro atoms. The molecule has 1 aliphatic heterocycles. The molecule has 1 saturated heterocycles. The van der Waals surface area contributed by atoms with E-state index in [1.54, 1.807) is 10.7 Å². The predicted molar refractivity (Wildman–Crippen MR) is 92.4 cm³/mol. The van der Waals surface area contributed by atoms with Crippen LogP contribution in [0.5, 0.6) is 0 Å². The molecule has 9 heteroatoms. The summed E-state index contributed by atoms with van der Waals surface area (Å²) in [5.74, 6) is 1.50. The summed E-state index contributed by atoms with van der Waals surface area (Å²) in [6.07, 6.45) is 4.12. The van der Waals surface area contributed by atoms with E-state index in [0.29, 0.717) is 18.9 Å². The molecular weight excluding hydrogens is 402 g/mol. The fourth-order valence-corrected chi connectivity index (χ4v) is 2.95. The minimum atomic E-state index is 0.586. The second-order valence-electron chi connectivity index (χ2n) is 4.63. The molecule has 116 valence electrons. The molecule has 21 heavy (non-hydrogen) atoms. The van der Waals surface area contributed by atoms with E-state index in [1.807, 2.05) is 0 Å². The first kappa shape index (κ1) is 16.5. The second-order valence-corrected chi connectivity index (χ2v) is 6.28. The molecule has 0 aromatic carbocycles. The van der Waals surface area contributed by atoms with Crippen LogP contribution in [0.25, 0.3) is 5.65 Å². The standard InChI is InChI=1S/C10H11Br2N5.C2H8N2/c11-6-5-14-17-8(13)7(12)10(15-9(6)17)16-3-1-2-4-16;3-1-2-4/h5H,1-4,13H2;1-4H2. The van der Waals surface area contributed by atoms with E-state index in [9.17, 15) is 0 Å². The molecule has 0 saturated carbocycles. The molecule has 2 aromatic rings. The zero-order chi connectivity index (χ0) is 15.4. The summed E-state index contributed by atoms with van der Waals surface area (Å²) in [5, 5.41) is 4.18. The monoisotopic (exact) mass is 419 g/mol. The van der Waals surface area contributed by atoms with Crippen molar-refractivity contribution in [1.29, 1.82) is 0 Å². The Morgan fingerprint density at radius 3 is 2.33 bits per heavy atom. The average Bonchev–Trinajstić information content (AvgIpc) is 3.13. The highest BCUT2D eigenvalue weighted by atomic mass is 79.9. The van der Waals surface area contributed by atoms with Gasteiger partial charge in [-0.25, -0.2) is 4.98 Å². The van der Waals surface area contributed by atoms with E-state index in [0.717, 1.165) is 33.5 Å². The molecule has 6 N–H and O–H groups in total. The van der Waals surface area contributed by atoms with Crippen molar-refractivity contribution in [1.82, 2.24) is 14.6 Å². The van der Waals surface area contributed by atoms with Crippen LogP contribution >= 0.6 is 31.9 Å². The predicted octanol–water partition coefficient (Wildman–Crippen LogP) is 1.34. The summed E-state index contributed by atoms with van der Waals surface area (Å²) in [6, 6.07) is 0. The van der Waals surface area contributed by atoms with Crippen LogP contribution in [0.1, 0.15) is 12.8 Å². The average molecular weight is 421 g/mol. The lowest BCUT2D eigenvalue weighted by Gasteiger charge is -2.19. The van der Waals surface area contributed by atoms with Crippen molar-refractivity contribution in [3.05, 3.63) is 15.1 Å². The van der Waals surface area contributed by atoms with Crippen LogP contribution in [-0.2, 0) is 0 Å². The quantitative estimate of drug-likeness (QED) is 0.675. The Morgan fingerprint density at radius 2 is 1.76 bits per heavy atom. The largest absolute Gasteiger partial charge is 0.383 e. The summed E-state index contributed by atoms with van der Waals surface area (Å²) in [4.78, 5) is 6.88. The molecule has 3 heterocycles. The Hall–Kier alpha value is -0.900. The molecule has 0 aliphatic carbocycles. The van der Waals surface area contributed by atoms with Gasteiger partial charge in [-0.2, -0.15) is 9.61 Å². The first-order valence-electron chi connectivity index (χ1n) is 6.73. The van der Waals surface area contributed by atoms with Crippen LogP contribution in [0.15, 0.2) is 15.1 Å². The van der Waals surface area contributed by atoms with Gasteiger partial charge in [0.15, 0.2) is 5.65 Å². The molecular formula is C12H19Br2N7. The second kappa shape index (κ2) is 7.39. The van der Waals surface area contributed by atoms with Crippen LogP contribution < -0.4 is 22.1 Å². The normalized spacial score (nSPS) is 14.4. The highest BCUT2D eigenvalue weighted by Crippen LogP contribution is 2.33. The molecule has 7 nitrogen and oxygen atoms in total. The Labute approximate surface area is 140 Å². The Bertz CT molecular complexity index is 605. The van der Waals surface area contributed by atoms with Crippen molar-refractivity contribution in [3.63, 3.8) is 0 Å². The van der Waals surface area contributed by atoms with Crippen molar-refractivity contribution >= 4 is 49.1 Å². The first-order chi connectivity index (χ1) is 10.1. The summed E-state index contributed by atoms with van der Waals surface area (Å²) >= 11 is 6.95. The molecule has 2 aromatic heterocycles. The SMILES string of the molecule is NCCN.Nc1c(Br)c(N2CCCC2)nc2c(Br)cnn12. The van der Waals surface area contributed by atoms with Gasteiger partial charge in [-0.3, -0.25) is 0 Å². The number of aromatic nitrogens is 3. The third-order valence-corrected chi connectivity index (χ3v) is 4.45. The lowest BCUT2D eigenvalue weighted by Crippen LogP contribution is -2.21. The highest BCUT2D eigenvalue weighted by molar-refractivity contribution is 9.11. The van der Waals surface area contributed by atoms with Crippen LogP contribution in [0.3, 0.4) is 0 Å². The molecule has 0 atom stereocenters. The van der Waals surface area contributed by atoms with E-state index >= 15 is 0 Å². The zero-order valence-corrected chi connectivity index (χ0v) is 14.8. The third kappa shape index (κ3) is 3.47. The summed E-state index contributed by atoms with van der Waals surface area (Å²) < 4.78 is 3.31. The number of fused-ring (bicyclic) bond motifs is 1. The van der Waals surface area contributed by atoms with E-state index in [4.69, 9.17) is 17.2 Å². The molecule has 0 amide bonds. The molecule has 1 fully saturated rings. The van der Waals surface area contributed by atoms with E-state index in [-0.39, 0.29) is 0 Å². The minimum absolute atomic E-state index is 0.586. The maximum Gasteiger partial charge on any atom is 0.173 e. The van der Waals surface area contributed by atoms with Crippen LogP contribution in [0, 0.1) is 0 Å². The number of nitrogen functional groups attached to an aromatic ring is 1. The van der Waals surface area contributed by atoms with E-state index in [1.165, 1.54) is 12.8 Å². The van der Waals surface area contributed by atoms with Gasteiger partial charge in [-0.15, -0.1) is 0 Å². The molecule has 1 aliphatic rings. The smallest absolute Gasteiger partial charge is 0.173 e. The maximum atomic E-state index is 6.07. The molecule has 0 bridgehead atoms. The van der Waals surface area contributed by atoms with E-state index < -0.39 is 0 Å². The molecule has 0 radical (unpaired) electrons. The topological polar surface area (TPSA) is 111 Å². The lowest BCUT2D eigenvalue weighted by atomic mass is 10.4. The maximum absolute atomic E-state index is 6.07. The zero-order valence-electron chi connectivity index (χ0n) is 11.6. The first-order valence-corrected chi connectivity index (χ1v) is 8.32. The van der Waals surface area contributed by atoms with Gasteiger partial charge in [0.25, 0.3) is 0 Å². The number of rotatable bonds is 2. The Balaban J connectivity index is 0.000000361. The number of nitrogens with two attached hydrogens (primary N) is 3. The van der Waals surface area contributed by atoms with E-state index in [2.05, 4.69) is 46.8 Å². The van der Waals surface area contributed by atoms with Gasteiger partial charge in [-0.05, 0) is 44.7 Å². The Kier molecular flexibility index (Phi) is 5.80. The fourth-order valence-electron chi connectivity index (χ4n) is 2.09. The lowest BCUT2D eigenvalue weighted by molar-refractivity contribution is 0.899. The van der Waals surface area contributed by atoms with Gasteiger partial charge >= 0.3 is 0 Å². The van der Waals surface area contributed by atoms with Crippen LogP contribution in [0.2, 0.25) is 0 Å². The number of halogens is 2. The van der Waals surface area contributed by atoms with Gasteiger partial charge in [0, 0.05) is 26.2 Å². The molecule has 0 unspecified atom stereocenters. The van der Waals surface area contributed by atoms with Crippen LogP contribution in [-0.4, -0.2) is 40.8 Å². The Morgan fingerprint density at radius 1 is 1.14 bits per heavy atom. The van der Waals surface area contributed by atoms with Crippen molar-refractivity contribution in [2.75, 3.05) is 36.8 Å². The highest BCUT2D eigenvalue weighted by Gasteiger charge is 2.21. The summed E-state index contributed by atoms with van der Waals surface area (Å²) in [6.45, 7) is 3.26. The number of hydrogen-bond acceptors (Lipinski definition) is 6. The van der Waals surface area contributed by atoms with Crippen molar-refractivity contribution in [2.24, 2.45) is 11.5 Å². The fraction of sp³-hybridized carbons (Fsp3) is 0.500. The van der Waals surface area contributed by atoms with Crippen LogP contribution in [0.4, 0.5) is 11.6 Å². The van der Waals surface area contributed by atoms with Crippen molar-refractivity contribution in [2.45, 2.75) is 12.8 Å². The van der Waals surface area contributed by atoms with Crippen molar-refractivity contribution < 1.29 is 0 Å². The minimum Gasteiger partial charge on any atom is -0.383 e. The van der Waals surface area contributed by atoms with Gasteiger partial charge in [0.05, 0.1) is 10.7 Å². The molecule has 3 rings (SSSR count). The number of nitrogens with zero attached hydrogens (tertiary/aromatic N) is 4. The number of hydrogen-bond donors (Lipinski definition) is 3. The van der Waals surface area contributed by atoms with Gasteiger partial charge < -0.3 is 22.1 Å². The van der Waals surface area contributed by atoms with Gasteiger partial charge in [0.2, 0.25) is 0 Å². The van der Waals surface area contributed by atoms with Gasteiger partial charge in [-0.1, -0.05) is 0 Å². The third-order valence-electron chi connectivity index (χ3n) is 3.13. The summed E-state index contributed by atoms with van der Waals surface area (Å²) in [7, 11) is 0. The number of anilines is 2. The summed E-state index contributed by atoms with van der Waals surface area (Å²) in [5.41, 5.74) is 16.6. The van der Waals surface area contributed by atoms with Gasteiger partial charge in [0.1, 0.15) is 16.1 Å². The van der Waals surface area contributed by atoms with Crippen molar-refractivity contribution in [3.8, 4) is 0 Å².